The highest BCUT2D eigenvalue weighted by Crippen LogP contribution is 2.38. The van der Waals surface area contributed by atoms with E-state index in [0.717, 1.165) is 17.7 Å². The maximum atomic E-state index is 12.7. The number of para-hydroxylation sites is 1. The summed E-state index contributed by atoms with van der Waals surface area (Å²) in [7, 11) is 0. The summed E-state index contributed by atoms with van der Waals surface area (Å²) >= 11 is 0. The molecule has 1 heterocycles. The van der Waals surface area contributed by atoms with Gasteiger partial charge in [-0.1, -0.05) is 32.0 Å². The van der Waals surface area contributed by atoms with Crippen LogP contribution in [0.15, 0.2) is 24.3 Å². The molecule has 4 heteroatoms. The zero-order valence-electron chi connectivity index (χ0n) is 13.6. The molecule has 4 nitrogen and oxygen atoms in total. The van der Waals surface area contributed by atoms with Crippen molar-refractivity contribution in [2.24, 2.45) is 11.7 Å². The Kier molecular flexibility index (Phi) is 4.28. The number of carbonyl (C=O) groups excluding carboxylic acids is 1. The number of nitrogens with two attached hydrogens (primary N) is 1. The molecule has 0 fully saturated rings. The van der Waals surface area contributed by atoms with Crippen molar-refractivity contribution in [1.29, 1.82) is 0 Å². The molecule has 21 heavy (non-hydrogen) atoms. The average Bonchev–Trinajstić information content (AvgIpc) is 2.36. The molecule has 0 bridgehead atoms. The van der Waals surface area contributed by atoms with Gasteiger partial charge in [-0.2, -0.15) is 0 Å². The lowest BCUT2D eigenvalue weighted by atomic mass is 9.86. The second-order valence-corrected chi connectivity index (χ2v) is 7.06. The first kappa shape index (κ1) is 15.8. The lowest BCUT2D eigenvalue weighted by Crippen LogP contribution is -2.50. The van der Waals surface area contributed by atoms with Crippen LogP contribution in [0, 0.1) is 5.92 Å². The second-order valence-electron chi connectivity index (χ2n) is 7.06. The van der Waals surface area contributed by atoms with Crippen LogP contribution in [-0.2, 0) is 4.74 Å². The molecule has 116 valence electrons. The number of nitrogens with zero attached hydrogens (tertiary/aromatic N) is 1. The Bertz CT molecular complexity index is 520. The maximum absolute atomic E-state index is 12.7. The van der Waals surface area contributed by atoms with E-state index in [1.54, 1.807) is 4.90 Å². The molecule has 0 saturated heterocycles. The first-order valence-electron chi connectivity index (χ1n) is 7.57. The molecule has 1 aromatic rings. The van der Waals surface area contributed by atoms with E-state index in [2.05, 4.69) is 13.8 Å². The van der Waals surface area contributed by atoms with E-state index in [9.17, 15) is 4.79 Å². The molecular weight excluding hydrogens is 264 g/mol. The number of benzene rings is 1. The maximum Gasteiger partial charge on any atom is 0.415 e. The van der Waals surface area contributed by atoms with Crippen molar-refractivity contribution >= 4 is 11.8 Å². The van der Waals surface area contributed by atoms with Crippen LogP contribution in [0.3, 0.4) is 0 Å². The molecule has 0 aromatic heterocycles. The Labute approximate surface area is 127 Å². The smallest absolute Gasteiger partial charge is 0.415 e. The van der Waals surface area contributed by atoms with Gasteiger partial charge in [-0.15, -0.1) is 0 Å². The van der Waals surface area contributed by atoms with Crippen LogP contribution in [0.4, 0.5) is 10.5 Å². The van der Waals surface area contributed by atoms with Gasteiger partial charge >= 0.3 is 6.09 Å². The molecule has 0 radical (unpaired) electrons. The van der Waals surface area contributed by atoms with Crippen molar-refractivity contribution in [1.82, 2.24) is 0 Å². The third-order valence-corrected chi connectivity index (χ3v) is 3.78. The minimum Gasteiger partial charge on any atom is -0.443 e. The molecular formula is C17H26N2O2. The topological polar surface area (TPSA) is 55.6 Å². The van der Waals surface area contributed by atoms with Crippen molar-refractivity contribution in [2.45, 2.75) is 58.7 Å². The summed E-state index contributed by atoms with van der Waals surface area (Å²) in [4.78, 5) is 14.4. The molecule has 2 atom stereocenters. The van der Waals surface area contributed by atoms with E-state index < -0.39 is 5.60 Å². The van der Waals surface area contributed by atoms with Gasteiger partial charge in [0.1, 0.15) is 5.60 Å². The van der Waals surface area contributed by atoms with Crippen LogP contribution in [0.5, 0.6) is 0 Å². The zero-order chi connectivity index (χ0) is 15.8. The number of anilines is 1. The molecule has 1 aliphatic rings. The number of rotatable bonds is 1. The highest BCUT2D eigenvalue weighted by molar-refractivity contribution is 5.90. The molecule has 1 aliphatic heterocycles. The number of carbonyl (C=O) groups is 1. The number of amides is 1. The van der Waals surface area contributed by atoms with Crippen LogP contribution in [0.2, 0.25) is 0 Å². The number of hydrogen-bond donors (Lipinski definition) is 1. The summed E-state index contributed by atoms with van der Waals surface area (Å²) in [5.74, 6) is 0.317. The third-order valence-electron chi connectivity index (χ3n) is 3.78. The van der Waals surface area contributed by atoms with Gasteiger partial charge in [-0.25, -0.2) is 4.79 Å². The Morgan fingerprint density at radius 2 is 1.95 bits per heavy atom. The molecule has 0 saturated carbocycles. The monoisotopic (exact) mass is 290 g/mol. The minimum atomic E-state index is -0.507. The summed E-state index contributed by atoms with van der Waals surface area (Å²) in [5, 5.41) is 0. The van der Waals surface area contributed by atoms with Crippen molar-refractivity contribution in [2.75, 3.05) is 4.90 Å². The molecule has 1 amide bonds. The lowest BCUT2D eigenvalue weighted by molar-refractivity contribution is 0.0548. The van der Waals surface area contributed by atoms with E-state index in [-0.39, 0.29) is 18.2 Å². The van der Waals surface area contributed by atoms with Crippen LogP contribution in [0.1, 0.15) is 52.6 Å². The number of fused-ring (bicyclic) bond motifs is 1. The SMILES string of the molecule is CC(C)C1CC(N)c2ccccc2N1C(=O)OC(C)(C)C. The molecule has 0 spiro atoms. The normalized spacial score (nSPS) is 22.1. The van der Waals surface area contributed by atoms with E-state index in [4.69, 9.17) is 10.5 Å². The van der Waals surface area contributed by atoms with E-state index in [1.165, 1.54) is 0 Å². The van der Waals surface area contributed by atoms with E-state index >= 15 is 0 Å². The Morgan fingerprint density at radius 1 is 1.33 bits per heavy atom. The second kappa shape index (κ2) is 5.68. The van der Waals surface area contributed by atoms with Crippen LogP contribution < -0.4 is 10.6 Å². The fourth-order valence-corrected chi connectivity index (χ4v) is 2.81. The summed E-state index contributed by atoms with van der Waals surface area (Å²) in [6.45, 7) is 9.88. The van der Waals surface area contributed by atoms with Gasteiger partial charge < -0.3 is 10.5 Å². The van der Waals surface area contributed by atoms with Gasteiger partial charge in [0.05, 0.1) is 5.69 Å². The summed E-state index contributed by atoms with van der Waals surface area (Å²) < 4.78 is 5.60. The number of ether oxygens (including phenoxy) is 1. The number of hydrogen-bond acceptors (Lipinski definition) is 3. The Hall–Kier alpha value is -1.55. The van der Waals surface area contributed by atoms with E-state index in [0.29, 0.717) is 5.92 Å². The molecule has 0 aliphatic carbocycles. The standard InChI is InChI=1S/C17H26N2O2/c1-11(2)15-10-13(18)12-8-6-7-9-14(12)19(15)16(20)21-17(3,4)5/h6-9,11,13,15H,10,18H2,1-5H3. The molecule has 2 unspecified atom stereocenters. The minimum absolute atomic E-state index is 0.0349. The fourth-order valence-electron chi connectivity index (χ4n) is 2.81. The summed E-state index contributed by atoms with van der Waals surface area (Å²) in [6, 6.07) is 7.87. The summed E-state index contributed by atoms with van der Waals surface area (Å²) in [5.41, 5.74) is 7.67. The average molecular weight is 290 g/mol. The first-order valence-corrected chi connectivity index (χ1v) is 7.57. The first-order chi connectivity index (χ1) is 9.70. The predicted octanol–water partition coefficient (Wildman–Crippen LogP) is 3.86. The predicted molar refractivity (Wildman–Crippen MR) is 85.3 cm³/mol. The Morgan fingerprint density at radius 3 is 2.52 bits per heavy atom. The van der Waals surface area contributed by atoms with Gasteiger partial charge in [0.2, 0.25) is 0 Å². The van der Waals surface area contributed by atoms with Crippen LogP contribution >= 0.6 is 0 Å². The zero-order valence-corrected chi connectivity index (χ0v) is 13.6. The lowest BCUT2D eigenvalue weighted by Gasteiger charge is -2.42. The third kappa shape index (κ3) is 3.38. The van der Waals surface area contributed by atoms with Gasteiger partial charge in [0, 0.05) is 12.1 Å². The van der Waals surface area contributed by atoms with Crippen molar-refractivity contribution < 1.29 is 9.53 Å². The van der Waals surface area contributed by atoms with Crippen molar-refractivity contribution in [3.05, 3.63) is 29.8 Å². The van der Waals surface area contributed by atoms with Crippen molar-refractivity contribution in [3.63, 3.8) is 0 Å². The van der Waals surface area contributed by atoms with Gasteiger partial charge in [-0.05, 0) is 44.7 Å². The quantitative estimate of drug-likeness (QED) is 0.854. The van der Waals surface area contributed by atoms with Crippen LogP contribution in [0.25, 0.3) is 0 Å². The highest BCUT2D eigenvalue weighted by atomic mass is 16.6. The molecule has 1 aromatic carbocycles. The van der Waals surface area contributed by atoms with Gasteiger partial charge in [0.25, 0.3) is 0 Å². The largest absolute Gasteiger partial charge is 0.443 e. The Balaban J connectivity index is 2.42. The van der Waals surface area contributed by atoms with E-state index in [1.807, 2.05) is 45.0 Å². The summed E-state index contributed by atoms with van der Waals surface area (Å²) in [6.07, 6.45) is 0.467. The molecule has 2 N–H and O–H groups in total. The fraction of sp³-hybridized carbons (Fsp3) is 0.588. The highest BCUT2D eigenvalue weighted by Gasteiger charge is 2.38. The van der Waals surface area contributed by atoms with Crippen molar-refractivity contribution in [3.8, 4) is 0 Å². The van der Waals surface area contributed by atoms with Gasteiger partial charge in [-0.3, -0.25) is 4.90 Å². The van der Waals surface area contributed by atoms with Gasteiger partial charge in [0.15, 0.2) is 0 Å². The van der Waals surface area contributed by atoms with Crippen LogP contribution in [-0.4, -0.2) is 17.7 Å². The molecule has 2 rings (SSSR count).